The van der Waals surface area contributed by atoms with Crippen LogP contribution in [0.15, 0.2) is 48.5 Å². The first-order chi connectivity index (χ1) is 13.4. The van der Waals surface area contributed by atoms with Crippen LogP contribution in [0.5, 0.6) is 11.5 Å². The van der Waals surface area contributed by atoms with Gasteiger partial charge in [-0.2, -0.15) is 0 Å². The summed E-state index contributed by atoms with van der Waals surface area (Å²) in [7, 11) is 0. The lowest BCUT2D eigenvalue weighted by atomic mass is 9.88. The second-order valence-electron chi connectivity index (χ2n) is 8.11. The van der Waals surface area contributed by atoms with Gasteiger partial charge in [0, 0.05) is 19.6 Å². The highest BCUT2D eigenvalue weighted by molar-refractivity contribution is 5.75. The van der Waals surface area contributed by atoms with E-state index in [2.05, 4.69) is 26.0 Å². The van der Waals surface area contributed by atoms with E-state index in [4.69, 9.17) is 14.2 Å². The minimum atomic E-state index is -0.243. The highest BCUT2D eigenvalue weighted by Gasteiger charge is 2.38. The van der Waals surface area contributed by atoms with Crippen LogP contribution in [0.1, 0.15) is 50.8 Å². The van der Waals surface area contributed by atoms with E-state index >= 15 is 0 Å². The maximum Gasteiger partial charge on any atom is 0.231 e. The first kappa shape index (κ1) is 18.8. The van der Waals surface area contributed by atoms with Crippen LogP contribution in [0.2, 0.25) is 0 Å². The fourth-order valence-corrected chi connectivity index (χ4v) is 4.32. The van der Waals surface area contributed by atoms with Crippen LogP contribution in [-0.4, -0.2) is 35.8 Å². The number of hydrogen-bond donors (Lipinski definition) is 0. The van der Waals surface area contributed by atoms with Crippen LogP contribution >= 0.6 is 0 Å². The topological polar surface area (TPSA) is 48.0 Å². The molecule has 2 aliphatic rings. The van der Waals surface area contributed by atoms with Crippen molar-refractivity contribution in [2.75, 3.05) is 13.4 Å². The van der Waals surface area contributed by atoms with Crippen molar-refractivity contribution in [2.45, 2.75) is 51.3 Å². The molecule has 2 aliphatic heterocycles. The van der Waals surface area contributed by atoms with Crippen molar-refractivity contribution in [3.05, 3.63) is 59.7 Å². The number of amides is 1. The Labute approximate surface area is 166 Å². The maximum atomic E-state index is 12.9. The summed E-state index contributed by atoms with van der Waals surface area (Å²) < 4.78 is 17.0. The monoisotopic (exact) mass is 381 g/mol. The molecule has 5 nitrogen and oxygen atoms in total. The third-order valence-corrected chi connectivity index (χ3v) is 5.53. The Morgan fingerprint density at radius 2 is 1.82 bits per heavy atom. The van der Waals surface area contributed by atoms with Crippen LogP contribution in [0.25, 0.3) is 0 Å². The second-order valence-corrected chi connectivity index (χ2v) is 8.11. The van der Waals surface area contributed by atoms with Gasteiger partial charge in [-0.15, -0.1) is 0 Å². The Bertz CT molecular complexity index is 849. The molecular weight excluding hydrogens is 354 g/mol. The van der Waals surface area contributed by atoms with E-state index < -0.39 is 0 Å². The van der Waals surface area contributed by atoms with Gasteiger partial charge >= 0.3 is 0 Å². The van der Waals surface area contributed by atoms with E-state index in [1.807, 2.05) is 41.3 Å². The van der Waals surface area contributed by atoms with Crippen molar-refractivity contribution in [1.29, 1.82) is 0 Å². The van der Waals surface area contributed by atoms with Gasteiger partial charge in [0.25, 0.3) is 0 Å². The molecule has 1 saturated heterocycles. The van der Waals surface area contributed by atoms with E-state index in [0.717, 1.165) is 35.5 Å². The van der Waals surface area contributed by atoms with E-state index in [1.54, 1.807) is 6.92 Å². The number of benzene rings is 2. The molecule has 0 unspecified atom stereocenters. The number of carbonyl (C=O) groups is 1. The normalized spacial score (nSPS) is 21.2. The molecule has 2 atom stereocenters. The van der Waals surface area contributed by atoms with E-state index in [-0.39, 0.29) is 30.4 Å². The molecule has 0 aromatic heterocycles. The SMILES string of the molecule is CC(=O)N([C@H]1CCOC(C)(C)C1)[C@H](c1ccccc1)c1ccc2c(c1)OCO2. The molecule has 0 saturated carbocycles. The Hall–Kier alpha value is -2.53. The maximum absolute atomic E-state index is 12.9. The fourth-order valence-electron chi connectivity index (χ4n) is 4.32. The van der Waals surface area contributed by atoms with Gasteiger partial charge in [-0.1, -0.05) is 36.4 Å². The molecule has 0 aliphatic carbocycles. The lowest BCUT2D eigenvalue weighted by Gasteiger charge is -2.44. The molecule has 2 aromatic rings. The minimum absolute atomic E-state index is 0.0641. The number of carbonyl (C=O) groups excluding carboxylic acids is 1. The number of fused-ring (bicyclic) bond motifs is 1. The lowest BCUT2D eigenvalue weighted by Crippen LogP contribution is -2.49. The Morgan fingerprint density at radius 1 is 1.07 bits per heavy atom. The van der Waals surface area contributed by atoms with Crippen molar-refractivity contribution in [3.8, 4) is 11.5 Å². The molecular formula is C23H27NO4. The summed E-state index contributed by atoms with van der Waals surface area (Å²) in [6.07, 6.45) is 1.64. The summed E-state index contributed by atoms with van der Waals surface area (Å²) >= 11 is 0. The van der Waals surface area contributed by atoms with E-state index in [9.17, 15) is 4.79 Å². The van der Waals surface area contributed by atoms with E-state index in [0.29, 0.717) is 6.61 Å². The molecule has 0 spiro atoms. The van der Waals surface area contributed by atoms with Gasteiger partial charge in [-0.25, -0.2) is 0 Å². The molecule has 28 heavy (non-hydrogen) atoms. The predicted octanol–water partition coefficient (Wildman–Crippen LogP) is 4.31. The highest BCUT2D eigenvalue weighted by atomic mass is 16.7. The molecule has 0 radical (unpaired) electrons. The third-order valence-electron chi connectivity index (χ3n) is 5.53. The molecule has 4 rings (SSSR count). The third kappa shape index (κ3) is 3.72. The van der Waals surface area contributed by atoms with Gasteiger partial charge < -0.3 is 19.1 Å². The largest absolute Gasteiger partial charge is 0.454 e. The van der Waals surface area contributed by atoms with Gasteiger partial charge in [0.1, 0.15) is 0 Å². The first-order valence-corrected chi connectivity index (χ1v) is 9.82. The Kier molecular flexibility index (Phi) is 5.02. The molecule has 2 heterocycles. The average molecular weight is 381 g/mol. The second kappa shape index (κ2) is 7.47. The standard InChI is InChI=1S/C23H27NO4/c1-16(25)24(19-11-12-28-23(2,3)14-19)22(17-7-5-4-6-8-17)18-9-10-20-21(13-18)27-15-26-20/h4-10,13,19,22H,11-12,14-15H2,1-3H3/t19-,22+/m0/s1. The summed E-state index contributed by atoms with van der Waals surface area (Å²) in [6, 6.07) is 16.1. The van der Waals surface area contributed by atoms with Gasteiger partial charge in [0.15, 0.2) is 11.5 Å². The van der Waals surface area contributed by atoms with Gasteiger partial charge in [0.2, 0.25) is 12.7 Å². The van der Waals surface area contributed by atoms with Crippen LogP contribution in [0.3, 0.4) is 0 Å². The van der Waals surface area contributed by atoms with Crippen molar-refractivity contribution in [2.24, 2.45) is 0 Å². The number of hydrogen-bond acceptors (Lipinski definition) is 4. The summed E-state index contributed by atoms with van der Waals surface area (Å²) in [4.78, 5) is 14.9. The van der Waals surface area contributed by atoms with Crippen molar-refractivity contribution < 1.29 is 19.0 Å². The summed E-state index contributed by atoms with van der Waals surface area (Å²) in [6.45, 7) is 6.74. The molecule has 0 bridgehead atoms. The number of ether oxygens (including phenoxy) is 3. The molecule has 5 heteroatoms. The zero-order chi connectivity index (χ0) is 19.7. The van der Waals surface area contributed by atoms with Crippen molar-refractivity contribution in [3.63, 3.8) is 0 Å². The summed E-state index contributed by atoms with van der Waals surface area (Å²) in [5.74, 6) is 1.54. The lowest BCUT2D eigenvalue weighted by molar-refractivity contribution is -0.140. The first-order valence-electron chi connectivity index (χ1n) is 9.82. The minimum Gasteiger partial charge on any atom is -0.454 e. The van der Waals surface area contributed by atoms with Crippen LogP contribution in [0.4, 0.5) is 0 Å². The number of nitrogens with zero attached hydrogens (tertiary/aromatic N) is 1. The molecule has 2 aromatic carbocycles. The van der Waals surface area contributed by atoms with E-state index in [1.165, 1.54) is 0 Å². The van der Waals surface area contributed by atoms with Crippen molar-refractivity contribution >= 4 is 5.91 Å². The predicted molar refractivity (Wildman–Crippen MR) is 106 cm³/mol. The zero-order valence-electron chi connectivity index (χ0n) is 16.7. The smallest absolute Gasteiger partial charge is 0.231 e. The number of rotatable bonds is 4. The fraction of sp³-hybridized carbons (Fsp3) is 0.435. The quantitative estimate of drug-likeness (QED) is 0.792. The molecule has 1 amide bonds. The summed E-state index contributed by atoms with van der Waals surface area (Å²) in [5.41, 5.74) is 1.86. The highest BCUT2D eigenvalue weighted by Crippen LogP contribution is 2.40. The molecule has 148 valence electrons. The van der Waals surface area contributed by atoms with Gasteiger partial charge in [-0.3, -0.25) is 4.79 Å². The van der Waals surface area contributed by atoms with Gasteiger partial charge in [-0.05, 0) is 49.9 Å². The summed E-state index contributed by atoms with van der Waals surface area (Å²) in [5, 5.41) is 0. The van der Waals surface area contributed by atoms with Crippen LogP contribution in [-0.2, 0) is 9.53 Å². The Morgan fingerprint density at radius 3 is 2.54 bits per heavy atom. The van der Waals surface area contributed by atoms with Gasteiger partial charge in [0.05, 0.1) is 11.6 Å². The molecule has 1 fully saturated rings. The average Bonchev–Trinajstić information content (AvgIpc) is 3.13. The zero-order valence-corrected chi connectivity index (χ0v) is 16.7. The van der Waals surface area contributed by atoms with Crippen LogP contribution < -0.4 is 9.47 Å². The Balaban J connectivity index is 1.78. The van der Waals surface area contributed by atoms with Crippen molar-refractivity contribution in [1.82, 2.24) is 4.90 Å². The molecule has 0 N–H and O–H groups in total. The van der Waals surface area contributed by atoms with Crippen LogP contribution in [0, 0.1) is 0 Å².